The number of aromatic nitrogens is 1. The van der Waals surface area contributed by atoms with E-state index in [4.69, 9.17) is 11.6 Å². The van der Waals surface area contributed by atoms with E-state index in [1.165, 1.54) is 18.5 Å². The molecular weight excluding hydrogens is 260 g/mol. The first kappa shape index (κ1) is 14.4. The fourth-order valence-corrected chi connectivity index (χ4v) is 3.32. The van der Waals surface area contributed by atoms with E-state index in [2.05, 4.69) is 9.71 Å². The molecule has 1 aromatic rings. The van der Waals surface area contributed by atoms with Gasteiger partial charge in [0.1, 0.15) is 4.90 Å². The molecule has 4 nitrogen and oxygen atoms in total. The Labute approximate surface area is 107 Å². The van der Waals surface area contributed by atoms with Crippen molar-refractivity contribution in [2.75, 3.05) is 0 Å². The second-order valence-corrected chi connectivity index (χ2v) is 6.24. The van der Waals surface area contributed by atoms with Gasteiger partial charge in [-0.05, 0) is 25.8 Å². The van der Waals surface area contributed by atoms with E-state index in [9.17, 15) is 8.42 Å². The van der Waals surface area contributed by atoms with Crippen molar-refractivity contribution in [1.29, 1.82) is 0 Å². The number of hydrogen-bond donors (Lipinski definition) is 1. The number of sulfonamides is 1. The van der Waals surface area contributed by atoms with E-state index in [0.717, 1.165) is 0 Å². The Morgan fingerprint density at radius 1 is 1.41 bits per heavy atom. The number of halogens is 1. The lowest BCUT2D eigenvalue weighted by Crippen LogP contribution is -2.44. The SMILES string of the molecule is CCC(C)(CC)NS(=O)(=O)c1cnccc1Cl. The molecule has 0 aliphatic carbocycles. The van der Waals surface area contributed by atoms with Gasteiger partial charge in [0.15, 0.2) is 0 Å². The molecule has 0 amide bonds. The van der Waals surface area contributed by atoms with E-state index in [0.29, 0.717) is 12.8 Å². The van der Waals surface area contributed by atoms with Crippen molar-refractivity contribution in [3.8, 4) is 0 Å². The van der Waals surface area contributed by atoms with Crippen LogP contribution in [0.3, 0.4) is 0 Å². The van der Waals surface area contributed by atoms with Crippen molar-refractivity contribution in [2.45, 2.75) is 44.0 Å². The third-order valence-corrected chi connectivity index (χ3v) is 5.07. The maximum Gasteiger partial charge on any atom is 0.244 e. The predicted octanol–water partition coefficient (Wildman–Crippen LogP) is 2.59. The molecule has 1 heterocycles. The van der Waals surface area contributed by atoms with Crippen LogP contribution in [-0.2, 0) is 10.0 Å². The first-order chi connectivity index (χ1) is 7.84. The zero-order chi connectivity index (χ0) is 13.1. The van der Waals surface area contributed by atoms with Crippen molar-refractivity contribution < 1.29 is 8.42 Å². The van der Waals surface area contributed by atoms with Gasteiger partial charge < -0.3 is 0 Å². The van der Waals surface area contributed by atoms with E-state index in [-0.39, 0.29) is 9.92 Å². The van der Waals surface area contributed by atoms with Crippen LogP contribution in [0.2, 0.25) is 5.02 Å². The molecule has 0 bridgehead atoms. The summed E-state index contributed by atoms with van der Waals surface area (Å²) in [6.45, 7) is 5.75. The quantitative estimate of drug-likeness (QED) is 0.899. The summed E-state index contributed by atoms with van der Waals surface area (Å²) in [6.07, 6.45) is 4.14. The first-order valence-corrected chi connectivity index (χ1v) is 7.34. The van der Waals surface area contributed by atoms with Gasteiger partial charge in [-0.2, -0.15) is 0 Å². The molecule has 0 aromatic carbocycles. The summed E-state index contributed by atoms with van der Waals surface area (Å²) in [5.41, 5.74) is -0.460. The second kappa shape index (κ2) is 5.33. The number of hydrogen-bond acceptors (Lipinski definition) is 3. The highest BCUT2D eigenvalue weighted by Gasteiger charge is 2.28. The zero-order valence-corrected chi connectivity index (χ0v) is 11.8. The Morgan fingerprint density at radius 3 is 2.47 bits per heavy atom. The molecule has 6 heteroatoms. The van der Waals surface area contributed by atoms with Crippen LogP contribution < -0.4 is 4.72 Å². The Hall–Kier alpha value is -0.650. The Balaban J connectivity index is 3.10. The number of nitrogens with one attached hydrogen (secondary N) is 1. The van der Waals surface area contributed by atoms with Crippen molar-refractivity contribution in [3.05, 3.63) is 23.5 Å². The molecule has 0 spiro atoms. The molecule has 1 aromatic heterocycles. The summed E-state index contributed by atoms with van der Waals surface area (Å²) in [4.78, 5) is 3.81. The predicted molar refractivity (Wildman–Crippen MR) is 68.6 cm³/mol. The van der Waals surface area contributed by atoms with Crippen LogP contribution in [0.4, 0.5) is 0 Å². The normalized spacial score (nSPS) is 12.7. The average Bonchev–Trinajstić information content (AvgIpc) is 2.28. The maximum absolute atomic E-state index is 12.2. The van der Waals surface area contributed by atoms with Gasteiger partial charge in [-0.1, -0.05) is 25.4 Å². The smallest absolute Gasteiger partial charge is 0.244 e. The highest BCUT2D eigenvalue weighted by atomic mass is 35.5. The Morgan fingerprint density at radius 2 is 2.00 bits per heavy atom. The van der Waals surface area contributed by atoms with Crippen LogP contribution >= 0.6 is 11.6 Å². The topological polar surface area (TPSA) is 59.1 Å². The fourth-order valence-electron chi connectivity index (χ4n) is 1.33. The van der Waals surface area contributed by atoms with Crippen LogP contribution in [0, 0.1) is 0 Å². The lowest BCUT2D eigenvalue weighted by Gasteiger charge is -2.27. The number of nitrogens with zero attached hydrogens (tertiary/aromatic N) is 1. The number of rotatable bonds is 5. The van der Waals surface area contributed by atoms with Gasteiger partial charge >= 0.3 is 0 Å². The molecule has 0 aliphatic heterocycles. The molecule has 0 aliphatic rings. The van der Waals surface area contributed by atoms with Crippen LogP contribution in [0.25, 0.3) is 0 Å². The fraction of sp³-hybridized carbons (Fsp3) is 0.545. The van der Waals surface area contributed by atoms with Crippen LogP contribution in [0.15, 0.2) is 23.4 Å². The third kappa shape index (κ3) is 3.40. The van der Waals surface area contributed by atoms with Crippen molar-refractivity contribution in [1.82, 2.24) is 9.71 Å². The van der Waals surface area contributed by atoms with Gasteiger partial charge in [-0.15, -0.1) is 0 Å². The minimum absolute atomic E-state index is 0.0230. The average molecular weight is 277 g/mol. The highest BCUT2D eigenvalue weighted by molar-refractivity contribution is 7.89. The minimum atomic E-state index is -3.62. The summed E-state index contributed by atoms with van der Waals surface area (Å²) >= 11 is 5.86. The Kier molecular flexibility index (Phi) is 4.52. The standard InChI is InChI=1S/C11H17ClN2O2S/c1-4-11(3,5-2)14-17(15,16)10-8-13-7-6-9(10)12/h6-8,14H,4-5H2,1-3H3. The van der Waals surface area contributed by atoms with Crippen molar-refractivity contribution in [3.63, 3.8) is 0 Å². The van der Waals surface area contributed by atoms with E-state index in [1.54, 1.807) is 0 Å². The van der Waals surface area contributed by atoms with Gasteiger partial charge in [0.2, 0.25) is 10.0 Å². The first-order valence-electron chi connectivity index (χ1n) is 5.48. The lowest BCUT2D eigenvalue weighted by atomic mass is 9.98. The van der Waals surface area contributed by atoms with E-state index < -0.39 is 15.6 Å². The van der Waals surface area contributed by atoms with Gasteiger partial charge in [0.05, 0.1) is 5.02 Å². The maximum atomic E-state index is 12.2. The zero-order valence-electron chi connectivity index (χ0n) is 10.2. The van der Waals surface area contributed by atoms with Gasteiger partial charge in [-0.3, -0.25) is 4.98 Å². The number of pyridine rings is 1. The molecule has 0 radical (unpaired) electrons. The molecule has 0 unspecified atom stereocenters. The molecule has 17 heavy (non-hydrogen) atoms. The summed E-state index contributed by atoms with van der Waals surface area (Å²) in [6, 6.07) is 1.46. The summed E-state index contributed by atoms with van der Waals surface area (Å²) in [5.74, 6) is 0. The summed E-state index contributed by atoms with van der Waals surface area (Å²) < 4.78 is 27.0. The van der Waals surface area contributed by atoms with E-state index in [1.807, 2.05) is 20.8 Å². The summed E-state index contributed by atoms with van der Waals surface area (Å²) in [5, 5.41) is 0.182. The van der Waals surface area contributed by atoms with Gasteiger partial charge in [0.25, 0.3) is 0 Å². The molecular formula is C11H17ClN2O2S. The highest BCUT2D eigenvalue weighted by Crippen LogP contribution is 2.23. The third-order valence-electron chi connectivity index (χ3n) is 2.97. The van der Waals surface area contributed by atoms with Crippen molar-refractivity contribution in [2.24, 2.45) is 0 Å². The second-order valence-electron chi connectivity index (χ2n) is 4.18. The lowest BCUT2D eigenvalue weighted by molar-refractivity contribution is 0.388. The molecule has 0 fully saturated rings. The minimum Gasteiger partial charge on any atom is -0.263 e. The molecule has 96 valence electrons. The largest absolute Gasteiger partial charge is 0.263 e. The molecule has 0 atom stereocenters. The van der Waals surface area contributed by atoms with Gasteiger partial charge in [0, 0.05) is 17.9 Å². The monoisotopic (exact) mass is 276 g/mol. The Bertz CT molecular complexity index is 484. The van der Waals surface area contributed by atoms with Crippen LogP contribution in [0.5, 0.6) is 0 Å². The van der Waals surface area contributed by atoms with E-state index >= 15 is 0 Å². The molecule has 0 saturated carbocycles. The van der Waals surface area contributed by atoms with Crippen molar-refractivity contribution >= 4 is 21.6 Å². The van der Waals surface area contributed by atoms with Crippen LogP contribution in [-0.4, -0.2) is 18.9 Å². The molecule has 1 N–H and O–H groups in total. The van der Waals surface area contributed by atoms with Gasteiger partial charge in [-0.25, -0.2) is 13.1 Å². The molecule has 1 rings (SSSR count). The molecule has 0 saturated heterocycles. The van der Waals surface area contributed by atoms with Crippen LogP contribution in [0.1, 0.15) is 33.6 Å². The summed E-state index contributed by atoms with van der Waals surface area (Å²) in [7, 11) is -3.62.